The Morgan fingerprint density at radius 1 is 1.30 bits per heavy atom. The van der Waals surface area contributed by atoms with Gasteiger partial charge in [0.25, 0.3) is 0 Å². The second-order valence-electron chi connectivity index (χ2n) is 5.56. The van der Waals surface area contributed by atoms with Gasteiger partial charge in [0.1, 0.15) is 0 Å². The van der Waals surface area contributed by atoms with E-state index in [1.54, 1.807) is 19.1 Å². The van der Waals surface area contributed by atoms with Crippen molar-refractivity contribution in [3.63, 3.8) is 0 Å². The molecule has 1 aliphatic heterocycles. The van der Waals surface area contributed by atoms with E-state index in [1.165, 1.54) is 10.4 Å². The van der Waals surface area contributed by atoms with Crippen LogP contribution in [0.3, 0.4) is 0 Å². The molecule has 1 atom stereocenters. The van der Waals surface area contributed by atoms with Gasteiger partial charge >= 0.3 is 0 Å². The summed E-state index contributed by atoms with van der Waals surface area (Å²) in [6, 6.07) is 4.90. The molecule has 0 saturated carbocycles. The Morgan fingerprint density at radius 2 is 1.90 bits per heavy atom. The van der Waals surface area contributed by atoms with Gasteiger partial charge in [-0.25, -0.2) is 8.42 Å². The molecule has 3 N–H and O–H groups in total. The van der Waals surface area contributed by atoms with E-state index in [2.05, 4.69) is 0 Å². The molecular formula is C14H22N2O3S. The number of anilines is 1. The van der Waals surface area contributed by atoms with Crippen LogP contribution in [0.5, 0.6) is 0 Å². The normalized spacial score (nSPS) is 19.9. The van der Waals surface area contributed by atoms with Gasteiger partial charge in [0.15, 0.2) is 0 Å². The number of sulfonamides is 1. The minimum Gasteiger partial charge on any atom is -0.399 e. The van der Waals surface area contributed by atoms with Gasteiger partial charge in [0.2, 0.25) is 10.0 Å². The maximum atomic E-state index is 12.6. The van der Waals surface area contributed by atoms with Crippen LogP contribution < -0.4 is 5.73 Å². The molecule has 5 nitrogen and oxygen atoms in total. The summed E-state index contributed by atoms with van der Waals surface area (Å²) in [7, 11) is -3.48. The lowest BCUT2D eigenvalue weighted by atomic mass is 9.93. The van der Waals surface area contributed by atoms with Gasteiger partial charge < -0.3 is 10.8 Å². The van der Waals surface area contributed by atoms with Crippen LogP contribution in [0.4, 0.5) is 5.69 Å². The van der Waals surface area contributed by atoms with Crippen LogP contribution in [-0.2, 0) is 10.0 Å². The number of benzene rings is 1. The Hall–Kier alpha value is -1.11. The van der Waals surface area contributed by atoms with Gasteiger partial charge in [-0.3, -0.25) is 0 Å². The molecule has 0 aliphatic carbocycles. The van der Waals surface area contributed by atoms with E-state index in [-0.39, 0.29) is 16.9 Å². The summed E-state index contributed by atoms with van der Waals surface area (Å²) in [5, 5.41) is 9.57. The molecule has 1 aromatic rings. The zero-order valence-corrected chi connectivity index (χ0v) is 12.7. The highest BCUT2D eigenvalue weighted by Gasteiger charge is 2.31. The highest BCUT2D eigenvalue weighted by molar-refractivity contribution is 7.89. The van der Waals surface area contributed by atoms with Gasteiger partial charge in [-0.2, -0.15) is 4.31 Å². The molecule has 1 unspecified atom stereocenters. The minimum absolute atomic E-state index is 0.184. The number of aryl methyl sites for hydroxylation is 1. The molecule has 0 amide bonds. The van der Waals surface area contributed by atoms with Gasteiger partial charge in [0.05, 0.1) is 11.0 Å². The fourth-order valence-electron chi connectivity index (χ4n) is 2.67. The van der Waals surface area contributed by atoms with E-state index in [4.69, 9.17) is 5.73 Å². The van der Waals surface area contributed by atoms with Crippen LogP contribution in [0.25, 0.3) is 0 Å². The molecular weight excluding hydrogens is 276 g/mol. The van der Waals surface area contributed by atoms with Crippen molar-refractivity contribution in [1.82, 2.24) is 4.31 Å². The van der Waals surface area contributed by atoms with E-state index in [0.717, 1.165) is 5.56 Å². The first kappa shape index (κ1) is 15.3. The second kappa shape index (κ2) is 5.71. The molecule has 112 valence electrons. The molecule has 1 aliphatic rings. The highest BCUT2D eigenvalue weighted by Crippen LogP contribution is 2.27. The maximum absolute atomic E-state index is 12.6. The summed E-state index contributed by atoms with van der Waals surface area (Å²) in [6.07, 6.45) is 1.01. The van der Waals surface area contributed by atoms with E-state index in [1.807, 2.05) is 6.92 Å². The summed E-state index contributed by atoms with van der Waals surface area (Å²) >= 11 is 0. The summed E-state index contributed by atoms with van der Waals surface area (Å²) in [4.78, 5) is 0.255. The van der Waals surface area contributed by atoms with Gasteiger partial charge in [-0.1, -0.05) is 0 Å². The summed E-state index contributed by atoms with van der Waals surface area (Å²) < 4.78 is 26.6. The average molecular weight is 298 g/mol. The number of piperidine rings is 1. The molecule has 2 rings (SSSR count). The standard InChI is InChI=1S/C14H22N2O3S/c1-10-7-13(15)9-14(8-10)20(18,19)16-5-3-12(4-6-16)11(2)17/h7-9,11-12,17H,3-6,15H2,1-2H3. The monoisotopic (exact) mass is 298 g/mol. The lowest BCUT2D eigenvalue weighted by Gasteiger charge is -2.32. The fraction of sp³-hybridized carbons (Fsp3) is 0.571. The molecule has 1 saturated heterocycles. The van der Waals surface area contributed by atoms with Crippen LogP contribution in [0.15, 0.2) is 23.1 Å². The van der Waals surface area contributed by atoms with Crippen molar-refractivity contribution in [2.75, 3.05) is 18.8 Å². The van der Waals surface area contributed by atoms with Crippen molar-refractivity contribution in [2.24, 2.45) is 5.92 Å². The first-order valence-electron chi connectivity index (χ1n) is 6.86. The zero-order valence-electron chi connectivity index (χ0n) is 11.9. The van der Waals surface area contributed by atoms with E-state index in [9.17, 15) is 13.5 Å². The van der Waals surface area contributed by atoms with Crippen molar-refractivity contribution in [3.05, 3.63) is 23.8 Å². The molecule has 1 fully saturated rings. The van der Waals surface area contributed by atoms with Crippen molar-refractivity contribution in [3.8, 4) is 0 Å². The Balaban J connectivity index is 2.19. The van der Waals surface area contributed by atoms with Gasteiger partial charge in [-0.05, 0) is 56.4 Å². The predicted molar refractivity (Wildman–Crippen MR) is 78.8 cm³/mol. The van der Waals surface area contributed by atoms with Crippen LogP contribution in [-0.4, -0.2) is 37.0 Å². The fourth-order valence-corrected chi connectivity index (χ4v) is 4.28. The molecule has 6 heteroatoms. The maximum Gasteiger partial charge on any atom is 0.243 e. The first-order valence-corrected chi connectivity index (χ1v) is 8.30. The van der Waals surface area contributed by atoms with Gasteiger partial charge in [-0.15, -0.1) is 0 Å². The smallest absolute Gasteiger partial charge is 0.243 e. The number of rotatable bonds is 3. The van der Waals surface area contributed by atoms with Crippen molar-refractivity contribution in [1.29, 1.82) is 0 Å². The van der Waals surface area contributed by atoms with E-state index < -0.39 is 10.0 Å². The molecule has 0 radical (unpaired) electrons. The SMILES string of the molecule is Cc1cc(N)cc(S(=O)(=O)N2CCC(C(C)O)CC2)c1. The largest absolute Gasteiger partial charge is 0.399 e. The lowest BCUT2D eigenvalue weighted by Crippen LogP contribution is -2.40. The number of hydrogen-bond donors (Lipinski definition) is 2. The second-order valence-corrected chi connectivity index (χ2v) is 7.50. The van der Waals surface area contributed by atoms with Crippen LogP contribution in [0.1, 0.15) is 25.3 Å². The molecule has 1 heterocycles. The number of hydrogen-bond acceptors (Lipinski definition) is 4. The predicted octanol–water partition coefficient (Wildman–Crippen LogP) is 1.36. The van der Waals surface area contributed by atoms with Crippen molar-refractivity contribution < 1.29 is 13.5 Å². The van der Waals surface area contributed by atoms with E-state index in [0.29, 0.717) is 31.6 Å². The van der Waals surface area contributed by atoms with Crippen LogP contribution in [0, 0.1) is 12.8 Å². The third kappa shape index (κ3) is 3.13. The topological polar surface area (TPSA) is 83.6 Å². The molecule has 1 aromatic carbocycles. The third-order valence-electron chi connectivity index (χ3n) is 3.89. The third-order valence-corrected chi connectivity index (χ3v) is 5.77. The zero-order chi connectivity index (χ0) is 14.9. The minimum atomic E-state index is -3.48. The average Bonchev–Trinajstić information content (AvgIpc) is 2.37. The molecule has 0 bridgehead atoms. The van der Waals surface area contributed by atoms with Crippen LogP contribution >= 0.6 is 0 Å². The molecule has 0 aromatic heterocycles. The summed E-state index contributed by atoms with van der Waals surface area (Å²) in [6.45, 7) is 4.49. The van der Waals surface area contributed by atoms with Gasteiger partial charge in [0, 0.05) is 18.8 Å². The number of nitrogen functional groups attached to an aromatic ring is 1. The van der Waals surface area contributed by atoms with Crippen LogP contribution in [0.2, 0.25) is 0 Å². The molecule has 20 heavy (non-hydrogen) atoms. The Bertz CT molecular complexity index is 556. The number of aliphatic hydroxyl groups is 1. The Morgan fingerprint density at radius 3 is 2.40 bits per heavy atom. The summed E-state index contributed by atoms with van der Waals surface area (Å²) in [5.41, 5.74) is 7.03. The number of nitrogens with two attached hydrogens (primary N) is 1. The first-order chi connectivity index (χ1) is 9.30. The van der Waals surface area contributed by atoms with Crippen molar-refractivity contribution in [2.45, 2.75) is 37.7 Å². The number of nitrogens with zero attached hydrogens (tertiary/aromatic N) is 1. The Labute approximate surface area is 120 Å². The quantitative estimate of drug-likeness (QED) is 0.825. The molecule has 0 spiro atoms. The van der Waals surface area contributed by atoms with Crippen molar-refractivity contribution >= 4 is 15.7 Å². The number of aliphatic hydroxyl groups excluding tert-OH is 1. The lowest BCUT2D eigenvalue weighted by molar-refractivity contribution is 0.0912. The highest BCUT2D eigenvalue weighted by atomic mass is 32.2. The summed E-state index contributed by atoms with van der Waals surface area (Å²) in [5.74, 6) is 0.184. The van der Waals surface area contributed by atoms with E-state index >= 15 is 0 Å². The Kier molecular flexibility index (Phi) is 4.36.